The molecule has 2 atom stereocenters. The quantitative estimate of drug-likeness (QED) is 0.825. The molecule has 0 spiro atoms. The monoisotopic (exact) mass is 234 g/mol. The molecule has 3 N–H and O–H groups in total. The Labute approximate surface area is 103 Å². The molecule has 4 nitrogen and oxygen atoms in total. The van der Waals surface area contributed by atoms with Gasteiger partial charge in [0.1, 0.15) is 0 Å². The Bertz CT molecular complexity index is 381. The van der Waals surface area contributed by atoms with Gasteiger partial charge in [0.25, 0.3) is 0 Å². The van der Waals surface area contributed by atoms with Crippen LogP contribution in [0.15, 0.2) is 12.3 Å². The average molecular weight is 234 g/mol. The maximum atomic E-state index is 5.98. The van der Waals surface area contributed by atoms with Crippen LogP contribution >= 0.6 is 0 Å². The summed E-state index contributed by atoms with van der Waals surface area (Å²) in [5.41, 5.74) is 11.2. The highest BCUT2D eigenvalue weighted by Crippen LogP contribution is 2.25. The number of anilines is 2. The third-order valence-corrected chi connectivity index (χ3v) is 3.48. The third-order valence-electron chi connectivity index (χ3n) is 3.48. The lowest BCUT2D eigenvalue weighted by atomic mass is 10.00. The van der Waals surface area contributed by atoms with Crippen LogP contribution < -0.4 is 11.2 Å². The Hall–Kier alpha value is -1.29. The van der Waals surface area contributed by atoms with Gasteiger partial charge >= 0.3 is 0 Å². The van der Waals surface area contributed by atoms with Gasteiger partial charge < -0.3 is 11.2 Å². The van der Waals surface area contributed by atoms with Crippen molar-refractivity contribution in [1.82, 2.24) is 9.99 Å². The Morgan fingerprint density at radius 2 is 2.00 bits per heavy atom. The van der Waals surface area contributed by atoms with Gasteiger partial charge in [-0.1, -0.05) is 6.42 Å². The van der Waals surface area contributed by atoms with Crippen LogP contribution in [0, 0.1) is 6.92 Å². The molecule has 17 heavy (non-hydrogen) atoms. The molecule has 1 aliphatic rings. The summed E-state index contributed by atoms with van der Waals surface area (Å²) in [4.78, 5) is 4.36. The number of nitrogen functional groups attached to an aromatic ring is 1. The molecular formula is C13H22N4. The van der Waals surface area contributed by atoms with E-state index in [-0.39, 0.29) is 0 Å². The Morgan fingerprint density at radius 3 is 2.59 bits per heavy atom. The zero-order chi connectivity index (χ0) is 12.4. The van der Waals surface area contributed by atoms with E-state index in [0.29, 0.717) is 12.1 Å². The average Bonchev–Trinajstić information content (AvgIpc) is 2.26. The molecule has 2 heterocycles. The SMILES string of the molecule is Cc1cnc(NN2C(C)CCCC2C)c(N)c1. The van der Waals surface area contributed by atoms with E-state index in [9.17, 15) is 0 Å². The van der Waals surface area contributed by atoms with Crippen LogP contribution in [0.5, 0.6) is 0 Å². The number of hydrogen-bond donors (Lipinski definition) is 2. The first kappa shape index (κ1) is 12.2. The van der Waals surface area contributed by atoms with E-state index in [1.807, 2.05) is 19.2 Å². The second kappa shape index (κ2) is 4.92. The molecule has 0 saturated carbocycles. The van der Waals surface area contributed by atoms with Crippen molar-refractivity contribution in [2.75, 3.05) is 11.2 Å². The Kier molecular flexibility index (Phi) is 3.52. The van der Waals surface area contributed by atoms with Crippen molar-refractivity contribution in [1.29, 1.82) is 0 Å². The van der Waals surface area contributed by atoms with Gasteiger partial charge in [0.2, 0.25) is 0 Å². The van der Waals surface area contributed by atoms with E-state index in [4.69, 9.17) is 5.73 Å². The highest BCUT2D eigenvalue weighted by molar-refractivity contribution is 5.61. The zero-order valence-corrected chi connectivity index (χ0v) is 10.9. The summed E-state index contributed by atoms with van der Waals surface area (Å²) in [6.07, 6.45) is 5.60. The van der Waals surface area contributed by atoms with Crippen molar-refractivity contribution >= 4 is 11.5 Å². The number of nitrogens with zero attached hydrogens (tertiary/aromatic N) is 2. The van der Waals surface area contributed by atoms with Crippen LogP contribution in [0.4, 0.5) is 11.5 Å². The van der Waals surface area contributed by atoms with E-state index in [0.717, 1.165) is 17.1 Å². The van der Waals surface area contributed by atoms with Crippen LogP contribution in [-0.2, 0) is 0 Å². The van der Waals surface area contributed by atoms with Gasteiger partial charge in [-0.15, -0.1) is 0 Å². The van der Waals surface area contributed by atoms with E-state index in [1.54, 1.807) is 0 Å². The van der Waals surface area contributed by atoms with Crippen LogP contribution in [0.3, 0.4) is 0 Å². The van der Waals surface area contributed by atoms with Gasteiger partial charge in [-0.05, 0) is 45.2 Å². The fourth-order valence-electron chi connectivity index (χ4n) is 2.45. The summed E-state index contributed by atoms with van der Waals surface area (Å²) >= 11 is 0. The molecule has 0 radical (unpaired) electrons. The lowest BCUT2D eigenvalue weighted by molar-refractivity contribution is 0.135. The zero-order valence-electron chi connectivity index (χ0n) is 10.9. The number of hydrazine groups is 1. The predicted octanol–water partition coefficient (Wildman–Crippen LogP) is 2.56. The van der Waals surface area contributed by atoms with Crippen molar-refractivity contribution < 1.29 is 0 Å². The molecule has 0 aliphatic carbocycles. The van der Waals surface area contributed by atoms with Gasteiger partial charge in [0, 0.05) is 18.3 Å². The smallest absolute Gasteiger partial charge is 0.163 e. The van der Waals surface area contributed by atoms with Gasteiger partial charge in [-0.25, -0.2) is 9.99 Å². The highest BCUT2D eigenvalue weighted by atomic mass is 15.5. The number of aromatic nitrogens is 1. The van der Waals surface area contributed by atoms with Gasteiger partial charge in [0.05, 0.1) is 5.69 Å². The lowest BCUT2D eigenvalue weighted by Crippen LogP contribution is -2.47. The van der Waals surface area contributed by atoms with Gasteiger partial charge in [-0.2, -0.15) is 0 Å². The lowest BCUT2D eigenvalue weighted by Gasteiger charge is -2.39. The molecule has 4 heteroatoms. The van der Waals surface area contributed by atoms with Crippen LogP contribution in [0.2, 0.25) is 0 Å². The molecule has 2 unspecified atom stereocenters. The molecule has 0 aromatic carbocycles. The number of nitrogens with two attached hydrogens (primary N) is 1. The maximum absolute atomic E-state index is 5.98. The van der Waals surface area contributed by atoms with Crippen molar-refractivity contribution in [3.63, 3.8) is 0 Å². The first-order valence-electron chi connectivity index (χ1n) is 6.35. The second-order valence-corrected chi connectivity index (χ2v) is 5.10. The van der Waals surface area contributed by atoms with E-state index >= 15 is 0 Å². The van der Waals surface area contributed by atoms with Crippen molar-refractivity contribution in [2.45, 2.75) is 52.1 Å². The van der Waals surface area contributed by atoms with Crippen LogP contribution in [0.1, 0.15) is 38.7 Å². The van der Waals surface area contributed by atoms with E-state index in [2.05, 4.69) is 29.3 Å². The molecule has 2 rings (SSSR count). The van der Waals surface area contributed by atoms with Gasteiger partial charge in [0.15, 0.2) is 5.82 Å². The second-order valence-electron chi connectivity index (χ2n) is 5.10. The summed E-state index contributed by atoms with van der Waals surface area (Å²) in [5.74, 6) is 0.774. The summed E-state index contributed by atoms with van der Waals surface area (Å²) in [6, 6.07) is 3.01. The third kappa shape index (κ3) is 2.69. The maximum Gasteiger partial charge on any atom is 0.163 e. The molecule has 1 aromatic heterocycles. The Balaban J connectivity index is 2.13. The van der Waals surface area contributed by atoms with Crippen molar-refractivity contribution in [2.24, 2.45) is 0 Å². The topological polar surface area (TPSA) is 54.2 Å². The number of nitrogens with one attached hydrogen (secondary N) is 1. The minimum Gasteiger partial charge on any atom is -0.396 e. The summed E-state index contributed by atoms with van der Waals surface area (Å²) in [7, 11) is 0. The minimum absolute atomic E-state index is 0.529. The standard InChI is InChI=1S/C13H22N4/c1-9-7-12(14)13(15-8-9)16-17-10(2)5-4-6-11(17)3/h7-8,10-11H,4-6,14H2,1-3H3,(H,15,16). The van der Waals surface area contributed by atoms with E-state index in [1.165, 1.54) is 19.3 Å². The van der Waals surface area contributed by atoms with Crippen LogP contribution in [0.25, 0.3) is 0 Å². The molecule has 1 aliphatic heterocycles. The first-order valence-corrected chi connectivity index (χ1v) is 6.35. The molecule has 0 amide bonds. The predicted molar refractivity (Wildman–Crippen MR) is 71.6 cm³/mol. The molecule has 1 aromatic rings. The van der Waals surface area contributed by atoms with E-state index < -0.39 is 0 Å². The molecule has 1 fully saturated rings. The normalized spacial score (nSPS) is 25.8. The number of pyridine rings is 1. The molecule has 94 valence electrons. The summed E-state index contributed by atoms with van der Waals surface area (Å²) < 4.78 is 0. The minimum atomic E-state index is 0.529. The first-order chi connectivity index (χ1) is 8.08. The summed E-state index contributed by atoms with van der Waals surface area (Å²) in [5, 5.41) is 2.28. The van der Waals surface area contributed by atoms with Crippen LogP contribution in [-0.4, -0.2) is 22.1 Å². The number of aryl methyl sites for hydroxylation is 1. The number of piperidine rings is 1. The van der Waals surface area contributed by atoms with Crippen molar-refractivity contribution in [3.05, 3.63) is 17.8 Å². The Morgan fingerprint density at radius 1 is 1.35 bits per heavy atom. The number of hydrogen-bond acceptors (Lipinski definition) is 4. The molecule has 0 bridgehead atoms. The van der Waals surface area contributed by atoms with Crippen molar-refractivity contribution in [3.8, 4) is 0 Å². The fraction of sp³-hybridized carbons (Fsp3) is 0.615. The largest absolute Gasteiger partial charge is 0.396 e. The highest BCUT2D eigenvalue weighted by Gasteiger charge is 2.25. The summed E-state index contributed by atoms with van der Waals surface area (Å²) in [6.45, 7) is 6.49. The fourth-order valence-corrected chi connectivity index (χ4v) is 2.45. The number of rotatable bonds is 2. The molecule has 1 saturated heterocycles. The van der Waals surface area contributed by atoms with Gasteiger partial charge in [-0.3, -0.25) is 0 Å². The molecular weight excluding hydrogens is 212 g/mol.